The second kappa shape index (κ2) is 7.26. The third-order valence-electron chi connectivity index (χ3n) is 5.47. The van der Waals surface area contributed by atoms with Crippen molar-refractivity contribution in [2.24, 2.45) is 5.41 Å². The van der Waals surface area contributed by atoms with E-state index in [0.717, 1.165) is 25.9 Å². The maximum Gasteiger partial charge on any atom is 0.223 e. The van der Waals surface area contributed by atoms with E-state index >= 15 is 0 Å². The van der Waals surface area contributed by atoms with Gasteiger partial charge in [-0.05, 0) is 36.8 Å². The summed E-state index contributed by atoms with van der Waals surface area (Å²) in [6, 6.07) is 11.6. The molecule has 0 aromatic heterocycles. The smallest absolute Gasteiger partial charge is 0.223 e. The summed E-state index contributed by atoms with van der Waals surface area (Å²) in [7, 11) is 0. The molecule has 3 atom stereocenters. The zero-order valence-corrected chi connectivity index (χ0v) is 15.4. The van der Waals surface area contributed by atoms with Crippen molar-refractivity contribution in [1.29, 1.82) is 0 Å². The number of likely N-dealkylation sites (tertiary alicyclic amines) is 1. The predicted octanol–water partition coefficient (Wildman–Crippen LogP) is 3.95. The molecule has 0 aliphatic carbocycles. The summed E-state index contributed by atoms with van der Waals surface area (Å²) in [5.41, 5.74) is 1.48. The predicted molar refractivity (Wildman–Crippen MR) is 99.0 cm³/mol. The van der Waals surface area contributed by atoms with Crippen LogP contribution in [0, 0.1) is 5.41 Å². The van der Waals surface area contributed by atoms with Gasteiger partial charge in [-0.15, -0.1) is 0 Å². The lowest BCUT2D eigenvalue weighted by Gasteiger charge is -2.46. The highest BCUT2D eigenvalue weighted by Crippen LogP contribution is 2.36. The van der Waals surface area contributed by atoms with Gasteiger partial charge in [0.25, 0.3) is 0 Å². The van der Waals surface area contributed by atoms with E-state index in [0.29, 0.717) is 30.3 Å². The monoisotopic (exact) mass is 328 g/mol. The van der Waals surface area contributed by atoms with Crippen molar-refractivity contribution < 1.29 is 4.79 Å². The molecule has 1 aromatic rings. The molecular weight excluding hydrogens is 296 g/mol. The first-order valence-corrected chi connectivity index (χ1v) is 9.53. The van der Waals surface area contributed by atoms with Crippen molar-refractivity contribution in [1.82, 2.24) is 10.2 Å². The number of hydrogen-bond acceptors (Lipinski definition) is 2. The quantitative estimate of drug-likeness (QED) is 0.891. The van der Waals surface area contributed by atoms with Crippen LogP contribution in [-0.4, -0.2) is 36.0 Å². The third kappa shape index (κ3) is 4.00. The Labute approximate surface area is 146 Å². The van der Waals surface area contributed by atoms with Crippen LogP contribution in [0.15, 0.2) is 30.3 Å². The fourth-order valence-corrected chi connectivity index (χ4v) is 4.39. The molecule has 2 heterocycles. The van der Waals surface area contributed by atoms with E-state index in [9.17, 15) is 4.79 Å². The zero-order chi connectivity index (χ0) is 17.2. The largest absolute Gasteiger partial charge is 0.338 e. The summed E-state index contributed by atoms with van der Waals surface area (Å²) < 4.78 is 0. The minimum Gasteiger partial charge on any atom is -0.338 e. The van der Waals surface area contributed by atoms with Crippen molar-refractivity contribution in [3.05, 3.63) is 35.9 Å². The summed E-state index contributed by atoms with van der Waals surface area (Å²) in [4.78, 5) is 15.1. The van der Waals surface area contributed by atoms with Crippen molar-refractivity contribution in [2.45, 2.75) is 70.9 Å². The first kappa shape index (κ1) is 17.5. The van der Waals surface area contributed by atoms with Crippen LogP contribution in [0.4, 0.5) is 0 Å². The number of piperidine rings is 1. The summed E-state index contributed by atoms with van der Waals surface area (Å²) in [5.74, 6) is 0.862. The van der Waals surface area contributed by atoms with Crippen LogP contribution in [0.2, 0.25) is 0 Å². The van der Waals surface area contributed by atoms with Crippen LogP contribution < -0.4 is 5.32 Å². The fraction of sp³-hybridized carbons (Fsp3) is 0.667. The molecule has 1 N–H and O–H groups in total. The SMILES string of the molecule is CC(C)(C)CC(=O)N1CC[C@H](c2ccccc2)[C@H]2NCCCC[C@H]21. The number of nitrogens with one attached hydrogen (secondary N) is 1. The molecule has 2 aliphatic heterocycles. The third-order valence-corrected chi connectivity index (χ3v) is 5.47. The number of hydrogen-bond donors (Lipinski definition) is 1. The van der Waals surface area contributed by atoms with Crippen LogP contribution in [0.5, 0.6) is 0 Å². The Balaban J connectivity index is 1.82. The van der Waals surface area contributed by atoms with E-state index in [4.69, 9.17) is 0 Å². The molecular formula is C21H32N2O. The molecule has 0 spiro atoms. The van der Waals surface area contributed by atoms with Gasteiger partial charge in [-0.25, -0.2) is 0 Å². The van der Waals surface area contributed by atoms with Gasteiger partial charge in [0.1, 0.15) is 0 Å². The number of benzene rings is 1. The minimum absolute atomic E-state index is 0.0566. The van der Waals surface area contributed by atoms with Crippen molar-refractivity contribution in [3.8, 4) is 0 Å². The van der Waals surface area contributed by atoms with Gasteiger partial charge >= 0.3 is 0 Å². The van der Waals surface area contributed by atoms with Gasteiger partial charge in [0.2, 0.25) is 5.91 Å². The van der Waals surface area contributed by atoms with Crippen LogP contribution in [0.1, 0.15) is 64.4 Å². The van der Waals surface area contributed by atoms with Gasteiger partial charge in [0, 0.05) is 31.0 Å². The van der Waals surface area contributed by atoms with E-state index in [1.54, 1.807) is 0 Å². The molecule has 2 aliphatic rings. The molecule has 0 bridgehead atoms. The second-order valence-electron chi connectivity index (χ2n) is 8.67. The van der Waals surface area contributed by atoms with Crippen molar-refractivity contribution in [3.63, 3.8) is 0 Å². The zero-order valence-electron chi connectivity index (χ0n) is 15.4. The van der Waals surface area contributed by atoms with E-state index in [1.807, 2.05) is 0 Å². The summed E-state index contributed by atoms with van der Waals surface area (Å²) >= 11 is 0. The Morgan fingerprint density at radius 1 is 1.17 bits per heavy atom. The molecule has 2 fully saturated rings. The molecule has 0 saturated carbocycles. The molecule has 3 heteroatoms. The maximum absolute atomic E-state index is 12.9. The highest BCUT2D eigenvalue weighted by molar-refractivity contribution is 5.77. The molecule has 3 nitrogen and oxygen atoms in total. The van der Waals surface area contributed by atoms with Gasteiger partial charge in [-0.2, -0.15) is 0 Å². The molecule has 0 unspecified atom stereocenters. The lowest BCUT2D eigenvalue weighted by atomic mass is 9.79. The van der Waals surface area contributed by atoms with Gasteiger partial charge < -0.3 is 10.2 Å². The lowest BCUT2D eigenvalue weighted by molar-refractivity contribution is -0.138. The number of nitrogens with zero attached hydrogens (tertiary/aromatic N) is 1. The summed E-state index contributed by atoms with van der Waals surface area (Å²) in [6.45, 7) is 8.45. The Bertz CT molecular complexity index is 549. The topological polar surface area (TPSA) is 32.3 Å². The minimum atomic E-state index is 0.0566. The van der Waals surface area contributed by atoms with Gasteiger partial charge in [-0.1, -0.05) is 57.5 Å². The first-order valence-electron chi connectivity index (χ1n) is 9.53. The van der Waals surface area contributed by atoms with Gasteiger partial charge in [0.15, 0.2) is 0 Å². The first-order chi connectivity index (χ1) is 11.5. The molecule has 132 valence electrons. The molecule has 2 saturated heterocycles. The Hall–Kier alpha value is -1.35. The van der Waals surface area contributed by atoms with E-state index in [1.165, 1.54) is 18.4 Å². The standard InChI is InChI=1S/C21H32N2O/c1-21(2,3)15-19(24)23-14-12-17(16-9-5-4-6-10-16)20-18(23)11-7-8-13-22-20/h4-6,9-10,17-18,20,22H,7-8,11-15H2,1-3H3/t17-,18-,20-/m1/s1. The number of carbonyl (C=O) groups is 1. The van der Waals surface area contributed by atoms with Gasteiger partial charge in [-0.3, -0.25) is 4.79 Å². The fourth-order valence-electron chi connectivity index (χ4n) is 4.39. The Morgan fingerprint density at radius 3 is 2.62 bits per heavy atom. The van der Waals surface area contributed by atoms with Crippen molar-refractivity contribution in [2.75, 3.05) is 13.1 Å². The normalized spacial score (nSPS) is 28.1. The van der Waals surface area contributed by atoms with Crippen molar-refractivity contribution >= 4 is 5.91 Å². The number of rotatable bonds is 2. The average molecular weight is 329 g/mol. The van der Waals surface area contributed by atoms with Crippen LogP contribution in [0.3, 0.4) is 0 Å². The lowest BCUT2D eigenvalue weighted by Crippen LogP contribution is -2.58. The molecule has 24 heavy (non-hydrogen) atoms. The number of fused-ring (bicyclic) bond motifs is 1. The summed E-state index contributed by atoms with van der Waals surface area (Å²) in [6.07, 6.45) is 5.28. The van der Waals surface area contributed by atoms with E-state index in [-0.39, 0.29) is 5.41 Å². The van der Waals surface area contributed by atoms with Crippen LogP contribution >= 0.6 is 0 Å². The molecule has 0 radical (unpaired) electrons. The number of amides is 1. The number of carbonyl (C=O) groups excluding carboxylic acids is 1. The van der Waals surface area contributed by atoms with Gasteiger partial charge in [0.05, 0.1) is 0 Å². The van der Waals surface area contributed by atoms with Crippen LogP contribution in [0.25, 0.3) is 0 Å². The van der Waals surface area contributed by atoms with Crippen LogP contribution in [-0.2, 0) is 4.79 Å². The summed E-state index contributed by atoms with van der Waals surface area (Å²) in [5, 5.41) is 3.79. The van der Waals surface area contributed by atoms with E-state index in [2.05, 4.69) is 61.3 Å². The highest BCUT2D eigenvalue weighted by Gasteiger charge is 2.41. The average Bonchev–Trinajstić information content (AvgIpc) is 2.79. The Morgan fingerprint density at radius 2 is 1.92 bits per heavy atom. The molecule has 1 amide bonds. The highest BCUT2D eigenvalue weighted by atomic mass is 16.2. The maximum atomic E-state index is 12.9. The molecule has 3 rings (SSSR count). The second-order valence-corrected chi connectivity index (χ2v) is 8.67. The molecule has 1 aromatic carbocycles. The van der Waals surface area contributed by atoms with E-state index < -0.39 is 0 Å². The Kier molecular flexibility index (Phi) is 5.29.